The lowest BCUT2D eigenvalue weighted by molar-refractivity contribution is 0.185. The van der Waals surface area contributed by atoms with Gasteiger partial charge >= 0.3 is 0 Å². The number of benzene rings is 1. The Kier molecular flexibility index (Phi) is 5.79. The van der Waals surface area contributed by atoms with Crippen LogP contribution in [0.4, 0.5) is 5.69 Å². The molecule has 0 saturated carbocycles. The van der Waals surface area contributed by atoms with Crippen molar-refractivity contribution in [2.24, 2.45) is 5.92 Å². The molecule has 0 amide bonds. The lowest BCUT2D eigenvalue weighted by Crippen LogP contribution is -2.43. The van der Waals surface area contributed by atoms with E-state index in [-0.39, 0.29) is 0 Å². The molecule has 23 heavy (non-hydrogen) atoms. The molecule has 1 aromatic rings. The summed E-state index contributed by atoms with van der Waals surface area (Å²) in [5.74, 6) is 1.94. The van der Waals surface area contributed by atoms with Gasteiger partial charge in [-0.1, -0.05) is 13.0 Å². The Morgan fingerprint density at radius 2 is 1.87 bits per heavy atom. The predicted molar refractivity (Wildman–Crippen MR) is 96.4 cm³/mol. The monoisotopic (exact) mass is 317 g/mol. The van der Waals surface area contributed by atoms with Crippen molar-refractivity contribution in [3.05, 3.63) is 23.8 Å². The summed E-state index contributed by atoms with van der Waals surface area (Å²) in [5.41, 5.74) is 2.63. The molecule has 2 fully saturated rings. The van der Waals surface area contributed by atoms with Gasteiger partial charge in [0, 0.05) is 32.7 Å². The van der Waals surface area contributed by atoms with E-state index in [1.165, 1.54) is 37.2 Å². The van der Waals surface area contributed by atoms with Crippen LogP contribution < -0.4 is 15.0 Å². The van der Waals surface area contributed by atoms with Crippen molar-refractivity contribution >= 4 is 5.69 Å². The molecule has 2 saturated heterocycles. The maximum absolute atomic E-state index is 5.96. The Balaban J connectivity index is 1.70. The topological polar surface area (TPSA) is 27.7 Å². The summed E-state index contributed by atoms with van der Waals surface area (Å²) < 4.78 is 5.96. The van der Waals surface area contributed by atoms with E-state index in [1.54, 1.807) is 0 Å². The molecule has 3 rings (SSSR count). The fourth-order valence-electron chi connectivity index (χ4n) is 3.57. The maximum atomic E-state index is 5.96. The van der Waals surface area contributed by atoms with Crippen molar-refractivity contribution in [1.29, 1.82) is 0 Å². The number of nitrogens with one attached hydrogen (secondary N) is 1. The van der Waals surface area contributed by atoms with Crippen molar-refractivity contribution in [2.75, 3.05) is 50.8 Å². The zero-order valence-corrected chi connectivity index (χ0v) is 14.7. The van der Waals surface area contributed by atoms with Gasteiger partial charge in [-0.3, -0.25) is 4.90 Å². The molecular weight excluding hydrogens is 286 g/mol. The molecule has 2 heterocycles. The Bertz CT molecular complexity index is 491. The first kappa shape index (κ1) is 16.6. The Labute approximate surface area is 140 Å². The van der Waals surface area contributed by atoms with Crippen LogP contribution in [-0.4, -0.2) is 50.8 Å². The van der Waals surface area contributed by atoms with Crippen molar-refractivity contribution in [3.8, 4) is 5.75 Å². The average molecular weight is 317 g/mol. The van der Waals surface area contributed by atoms with Gasteiger partial charge in [0.1, 0.15) is 5.75 Å². The van der Waals surface area contributed by atoms with Gasteiger partial charge in [0.05, 0.1) is 12.3 Å². The number of nitrogens with zero attached hydrogens (tertiary/aromatic N) is 2. The van der Waals surface area contributed by atoms with Crippen LogP contribution in [0, 0.1) is 5.92 Å². The number of piperazine rings is 1. The van der Waals surface area contributed by atoms with E-state index in [0.717, 1.165) is 51.0 Å². The quantitative estimate of drug-likeness (QED) is 0.904. The minimum Gasteiger partial charge on any atom is -0.492 e. The molecule has 0 atom stereocenters. The first-order valence-electron chi connectivity index (χ1n) is 9.20. The van der Waals surface area contributed by atoms with Crippen molar-refractivity contribution in [1.82, 2.24) is 10.2 Å². The lowest BCUT2D eigenvalue weighted by atomic mass is 9.99. The van der Waals surface area contributed by atoms with Crippen LogP contribution in [0.1, 0.15) is 32.3 Å². The van der Waals surface area contributed by atoms with Crippen molar-refractivity contribution in [3.63, 3.8) is 0 Å². The second-order valence-electron chi connectivity index (χ2n) is 6.93. The van der Waals surface area contributed by atoms with Gasteiger partial charge in [0.15, 0.2) is 0 Å². The summed E-state index contributed by atoms with van der Waals surface area (Å²) in [7, 11) is 0. The van der Waals surface area contributed by atoms with E-state index in [1.807, 2.05) is 0 Å². The van der Waals surface area contributed by atoms with E-state index in [9.17, 15) is 0 Å². The molecule has 1 N–H and O–H groups in total. The highest BCUT2D eigenvalue weighted by molar-refractivity contribution is 5.60. The third-order valence-corrected chi connectivity index (χ3v) is 5.06. The van der Waals surface area contributed by atoms with Crippen molar-refractivity contribution < 1.29 is 4.74 Å². The maximum Gasteiger partial charge on any atom is 0.142 e. The van der Waals surface area contributed by atoms with Crippen LogP contribution in [0.5, 0.6) is 5.75 Å². The highest BCUT2D eigenvalue weighted by atomic mass is 16.5. The van der Waals surface area contributed by atoms with Gasteiger partial charge in [0.2, 0.25) is 0 Å². The predicted octanol–water partition coefficient (Wildman–Crippen LogP) is 2.73. The summed E-state index contributed by atoms with van der Waals surface area (Å²) in [6, 6.07) is 6.81. The number of anilines is 1. The smallest absolute Gasteiger partial charge is 0.142 e. The van der Waals surface area contributed by atoms with Crippen LogP contribution in [0.25, 0.3) is 0 Å². The number of likely N-dealkylation sites (tertiary alicyclic amines) is 1. The normalized spacial score (nSPS) is 20.7. The van der Waals surface area contributed by atoms with Crippen LogP contribution in [0.15, 0.2) is 18.2 Å². The van der Waals surface area contributed by atoms with Crippen LogP contribution in [0.3, 0.4) is 0 Å². The number of ether oxygens (including phenoxy) is 1. The third kappa shape index (κ3) is 4.39. The minimum absolute atomic E-state index is 0.726. The van der Waals surface area contributed by atoms with E-state index in [4.69, 9.17) is 4.74 Å². The molecule has 0 unspecified atom stereocenters. The Morgan fingerprint density at radius 3 is 2.57 bits per heavy atom. The first-order valence-corrected chi connectivity index (χ1v) is 9.20. The Hall–Kier alpha value is -1.26. The second-order valence-corrected chi connectivity index (χ2v) is 6.93. The molecule has 0 aromatic heterocycles. The van der Waals surface area contributed by atoms with Gasteiger partial charge in [-0.05, 0) is 56.5 Å². The summed E-state index contributed by atoms with van der Waals surface area (Å²) in [5, 5.41) is 3.42. The number of hydrogen-bond donors (Lipinski definition) is 1. The van der Waals surface area contributed by atoms with Gasteiger partial charge in [-0.25, -0.2) is 0 Å². The second kappa shape index (κ2) is 8.02. The van der Waals surface area contributed by atoms with Crippen LogP contribution >= 0.6 is 0 Å². The molecular formula is C19H31N3O. The van der Waals surface area contributed by atoms with E-state index < -0.39 is 0 Å². The van der Waals surface area contributed by atoms with Crippen LogP contribution in [0.2, 0.25) is 0 Å². The number of piperidine rings is 1. The SMILES string of the molecule is CCOc1cc(CN2CCC(C)CC2)ccc1N1CCNCC1. The fraction of sp³-hybridized carbons (Fsp3) is 0.684. The van der Waals surface area contributed by atoms with Gasteiger partial charge in [-0.2, -0.15) is 0 Å². The summed E-state index contributed by atoms with van der Waals surface area (Å²) in [6.07, 6.45) is 2.66. The zero-order valence-electron chi connectivity index (χ0n) is 14.7. The minimum atomic E-state index is 0.726. The molecule has 2 aliphatic heterocycles. The molecule has 4 nitrogen and oxygen atoms in total. The van der Waals surface area contributed by atoms with Gasteiger partial charge in [-0.15, -0.1) is 0 Å². The molecule has 2 aliphatic rings. The van der Waals surface area contributed by atoms with Crippen LogP contribution in [-0.2, 0) is 6.54 Å². The Morgan fingerprint density at radius 1 is 1.13 bits per heavy atom. The standard InChI is InChI=1S/C19H31N3O/c1-3-23-19-14-17(15-21-10-6-16(2)7-11-21)4-5-18(19)22-12-8-20-9-13-22/h4-5,14,16,20H,3,6-13,15H2,1-2H3. The zero-order chi connectivity index (χ0) is 16.1. The largest absolute Gasteiger partial charge is 0.492 e. The highest BCUT2D eigenvalue weighted by Gasteiger charge is 2.18. The summed E-state index contributed by atoms with van der Waals surface area (Å²) in [6.45, 7) is 12.9. The van der Waals surface area contributed by atoms with Crippen molar-refractivity contribution in [2.45, 2.75) is 33.2 Å². The van der Waals surface area contributed by atoms with Gasteiger partial charge < -0.3 is 15.0 Å². The molecule has 128 valence electrons. The van der Waals surface area contributed by atoms with E-state index in [2.05, 4.69) is 47.2 Å². The molecule has 1 aromatic carbocycles. The molecule has 0 bridgehead atoms. The average Bonchev–Trinajstić information content (AvgIpc) is 2.58. The van der Waals surface area contributed by atoms with E-state index in [0.29, 0.717) is 0 Å². The molecule has 0 aliphatic carbocycles. The van der Waals surface area contributed by atoms with Gasteiger partial charge in [0.25, 0.3) is 0 Å². The number of rotatable bonds is 5. The fourth-order valence-corrected chi connectivity index (χ4v) is 3.57. The molecule has 0 spiro atoms. The summed E-state index contributed by atoms with van der Waals surface area (Å²) >= 11 is 0. The lowest BCUT2D eigenvalue weighted by Gasteiger charge is -2.32. The third-order valence-electron chi connectivity index (χ3n) is 5.06. The van der Waals surface area contributed by atoms with E-state index >= 15 is 0 Å². The molecule has 0 radical (unpaired) electrons. The first-order chi connectivity index (χ1) is 11.3. The highest BCUT2D eigenvalue weighted by Crippen LogP contribution is 2.31. The number of hydrogen-bond acceptors (Lipinski definition) is 4. The molecule has 4 heteroatoms. The summed E-state index contributed by atoms with van der Waals surface area (Å²) in [4.78, 5) is 5.02.